The summed E-state index contributed by atoms with van der Waals surface area (Å²) in [5.41, 5.74) is 1.62. The Morgan fingerprint density at radius 1 is 0.880 bits per heavy atom. The summed E-state index contributed by atoms with van der Waals surface area (Å²) in [7, 11) is -3.46. The van der Waals surface area contributed by atoms with Gasteiger partial charge in [0.05, 0.1) is 18.5 Å². The SMILES string of the molecule is CCOP(=O)(OCC)c1ccc2ccccc2c1-c1ccccc1Cl. The van der Waals surface area contributed by atoms with Crippen molar-refractivity contribution >= 4 is 35.3 Å². The summed E-state index contributed by atoms with van der Waals surface area (Å²) in [6.07, 6.45) is 0. The van der Waals surface area contributed by atoms with E-state index < -0.39 is 7.60 Å². The third-order valence-corrected chi connectivity index (χ3v) is 6.43. The van der Waals surface area contributed by atoms with Crippen LogP contribution < -0.4 is 5.30 Å². The third kappa shape index (κ3) is 3.51. The van der Waals surface area contributed by atoms with Crippen molar-refractivity contribution < 1.29 is 13.6 Å². The van der Waals surface area contributed by atoms with Crippen LogP contribution in [0.5, 0.6) is 0 Å². The van der Waals surface area contributed by atoms with Gasteiger partial charge >= 0.3 is 7.60 Å². The number of hydrogen-bond donors (Lipinski definition) is 0. The highest BCUT2D eigenvalue weighted by molar-refractivity contribution is 7.62. The smallest absolute Gasteiger partial charge is 0.305 e. The number of benzene rings is 3. The maximum Gasteiger partial charge on any atom is 0.361 e. The van der Waals surface area contributed by atoms with Crippen LogP contribution in [0.1, 0.15) is 13.8 Å². The van der Waals surface area contributed by atoms with Crippen LogP contribution >= 0.6 is 19.2 Å². The van der Waals surface area contributed by atoms with Crippen LogP contribution in [0.4, 0.5) is 0 Å². The highest BCUT2D eigenvalue weighted by Gasteiger charge is 2.31. The van der Waals surface area contributed by atoms with Gasteiger partial charge in [0.1, 0.15) is 0 Å². The van der Waals surface area contributed by atoms with Crippen LogP contribution in [-0.4, -0.2) is 13.2 Å². The lowest BCUT2D eigenvalue weighted by molar-refractivity contribution is 0.230. The highest BCUT2D eigenvalue weighted by atomic mass is 35.5. The molecule has 0 spiro atoms. The fraction of sp³-hybridized carbons (Fsp3) is 0.200. The molecule has 0 unspecified atom stereocenters. The molecule has 0 amide bonds. The van der Waals surface area contributed by atoms with Crippen LogP contribution in [0.3, 0.4) is 0 Å². The van der Waals surface area contributed by atoms with E-state index in [1.54, 1.807) is 0 Å². The maximum atomic E-state index is 13.5. The molecule has 25 heavy (non-hydrogen) atoms. The maximum absolute atomic E-state index is 13.5. The Morgan fingerprint density at radius 2 is 1.52 bits per heavy atom. The molecule has 0 atom stereocenters. The molecule has 3 nitrogen and oxygen atoms in total. The van der Waals surface area contributed by atoms with Crippen molar-refractivity contribution in [1.82, 2.24) is 0 Å². The fourth-order valence-corrected chi connectivity index (χ4v) is 4.99. The van der Waals surface area contributed by atoms with E-state index in [4.69, 9.17) is 20.6 Å². The molecule has 0 heterocycles. The van der Waals surface area contributed by atoms with Gasteiger partial charge in [0.25, 0.3) is 0 Å². The van der Waals surface area contributed by atoms with Crippen LogP contribution in [-0.2, 0) is 13.6 Å². The zero-order chi connectivity index (χ0) is 17.9. The molecule has 130 valence electrons. The first-order valence-corrected chi connectivity index (χ1v) is 10.2. The number of rotatable bonds is 6. The Morgan fingerprint density at radius 3 is 2.20 bits per heavy atom. The van der Waals surface area contributed by atoms with Gasteiger partial charge in [0.15, 0.2) is 0 Å². The molecule has 5 heteroatoms. The zero-order valence-electron chi connectivity index (χ0n) is 14.2. The zero-order valence-corrected chi connectivity index (χ0v) is 15.9. The summed E-state index contributed by atoms with van der Waals surface area (Å²) >= 11 is 6.46. The Kier molecular flexibility index (Phi) is 5.61. The van der Waals surface area contributed by atoms with E-state index in [1.807, 2.05) is 74.5 Å². The molecule has 0 aliphatic rings. The van der Waals surface area contributed by atoms with Crippen molar-refractivity contribution in [3.63, 3.8) is 0 Å². The average molecular weight is 375 g/mol. The summed E-state index contributed by atoms with van der Waals surface area (Å²) in [4.78, 5) is 0. The summed E-state index contributed by atoms with van der Waals surface area (Å²) in [5, 5.41) is 3.15. The van der Waals surface area contributed by atoms with E-state index in [0.717, 1.165) is 21.9 Å². The van der Waals surface area contributed by atoms with Crippen LogP contribution in [0.25, 0.3) is 21.9 Å². The molecule has 0 aliphatic heterocycles. The van der Waals surface area contributed by atoms with Crippen molar-refractivity contribution in [2.24, 2.45) is 0 Å². The van der Waals surface area contributed by atoms with Crippen molar-refractivity contribution in [1.29, 1.82) is 0 Å². The molecule has 0 aromatic heterocycles. The molecular formula is C20H20ClO3P. The third-order valence-electron chi connectivity index (χ3n) is 3.94. The monoisotopic (exact) mass is 374 g/mol. The predicted molar refractivity (Wildman–Crippen MR) is 105 cm³/mol. The molecule has 3 rings (SSSR count). The topological polar surface area (TPSA) is 35.5 Å². The second kappa shape index (κ2) is 7.72. The Balaban J connectivity index is 2.38. The Bertz CT molecular complexity index is 929. The molecule has 0 saturated carbocycles. The van der Waals surface area contributed by atoms with Gasteiger partial charge in [-0.05, 0) is 36.8 Å². The minimum atomic E-state index is -3.46. The summed E-state index contributed by atoms with van der Waals surface area (Å²) in [6.45, 7) is 4.21. The first kappa shape index (κ1) is 18.2. The van der Waals surface area contributed by atoms with E-state index >= 15 is 0 Å². The summed E-state index contributed by atoms with van der Waals surface area (Å²) in [5.74, 6) is 0. The van der Waals surface area contributed by atoms with Crippen molar-refractivity contribution in [3.05, 3.63) is 65.7 Å². The van der Waals surface area contributed by atoms with Gasteiger partial charge in [-0.25, -0.2) is 0 Å². The minimum Gasteiger partial charge on any atom is -0.305 e. The van der Waals surface area contributed by atoms with E-state index in [-0.39, 0.29) is 0 Å². The second-order valence-corrected chi connectivity index (χ2v) is 7.89. The molecule has 0 N–H and O–H groups in total. The lowest BCUT2D eigenvalue weighted by atomic mass is 9.98. The lowest BCUT2D eigenvalue weighted by Gasteiger charge is -2.22. The Labute approximate surface area is 153 Å². The Hall–Kier alpha value is -1.64. The van der Waals surface area contributed by atoms with E-state index in [9.17, 15) is 4.57 Å². The molecular weight excluding hydrogens is 355 g/mol. The molecule has 0 bridgehead atoms. The molecule has 0 fully saturated rings. The van der Waals surface area contributed by atoms with E-state index in [1.165, 1.54) is 0 Å². The second-order valence-electron chi connectivity index (χ2n) is 5.49. The van der Waals surface area contributed by atoms with Gasteiger partial charge in [-0.3, -0.25) is 4.57 Å². The quantitative estimate of drug-likeness (QED) is 0.492. The normalized spacial score (nSPS) is 11.8. The standard InChI is InChI=1S/C20H20ClO3P/c1-3-23-25(22,24-4-2)19-14-13-15-9-5-6-10-16(15)20(19)17-11-7-8-12-18(17)21/h5-14H,3-4H2,1-2H3. The van der Waals surface area contributed by atoms with Crippen molar-refractivity contribution in [2.45, 2.75) is 13.8 Å². The number of halogens is 1. The first-order valence-electron chi connectivity index (χ1n) is 8.27. The number of fused-ring (bicyclic) bond motifs is 1. The molecule has 0 saturated heterocycles. The fourth-order valence-electron chi connectivity index (χ4n) is 2.95. The van der Waals surface area contributed by atoms with Crippen LogP contribution in [0.2, 0.25) is 5.02 Å². The van der Waals surface area contributed by atoms with E-state index in [2.05, 4.69) is 0 Å². The largest absolute Gasteiger partial charge is 0.361 e. The van der Waals surface area contributed by atoms with Gasteiger partial charge in [0, 0.05) is 16.1 Å². The van der Waals surface area contributed by atoms with Crippen molar-refractivity contribution in [3.8, 4) is 11.1 Å². The van der Waals surface area contributed by atoms with E-state index in [0.29, 0.717) is 23.5 Å². The average Bonchev–Trinajstić information content (AvgIpc) is 2.62. The van der Waals surface area contributed by atoms with Gasteiger partial charge in [-0.2, -0.15) is 0 Å². The van der Waals surface area contributed by atoms with Gasteiger partial charge < -0.3 is 9.05 Å². The first-order chi connectivity index (χ1) is 12.1. The minimum absolute atomic E-state index is 0.298. The van der Waals surface area contributed by atoms with Gasteiger partial charge in [-0.15, -0.1) is 0 Å². The number of hydrogen-bond acceptors (Lipinski definition) is 3. The van der Waals surface area contributed by atoms with Gasteiger partial charge in [-0.1, -0.05) is 60.1 Å². The predicted octanol–water partition coefficient (Wildman–Crippen LogP) is 6.05. The van der Waals surface area contributed by atoms with Crippen molar-refractivity contribution in [2.75, 3.05) is 13.2 Å². The highest BCUT2D eigenvalue weighted by Crippen LogP contribution is 2.51. The molecule has 3 aromatic carbocycles. The summed E-state index contributed by atoms with van der Waals surface area (Å²) in [6, 6.07) is 19.3. The van der Waals surface area contributed by atoms with Gasteiger partial charge in [0.2, 0.25) is 0 Å². The lowest BCUT2D eigenvalue weighted by Crippen LogP contribution is -2.14. The summed E-state index contributed by atoms with van der Waals surface area (Å²) < 4.78 is 24.7. The molecule has 3 aromatic rings. The van der Waals surface area contributed by atoms with Crippen LogP contribution in [0, 0.1) is 0 Å². The van der Waals surface area contributed by atoms with Crippen LogP contribution in [0.15, 0.2) is 60.7 Å². The molecule has 0 radical (unpaired) electrons. The molecule has 0 aliphatic carbocycles.